The molecule has 0 unspecified atom stereocenters. The van der Waals surface area contributed by atoms with E-state index in [1.54, 1.807) is 30.9 Å². The average Bonchev–Trinajstić information content (AvgIpc) is 2.79. The van der Waals surface area contributed by atoms with Gasteiger partial charge in [0.2, 0.25) is 10.0 Å². The highest BCUT2D eigenvalue weighted by Crippen LogP contribution is 2.24. The van der Waals surface area contributed by atoms with Gasteiger partial charge in [-0.1, -0.05) is 42.5 Å². The first-order valence-corrected chi connectivity index (χ1v) is 12.2. The Hall–Kier alpha value is -2.81. The Bertz CT molecular complexity index is 1120. The van der Waals surface area contributed by atoms with Crippen LogP contribution in [0, 0.1) is 0 Å². The summed E-state index contributed by atoms with van der Waals surface area (Å²) in [5.41, 5.74) is 1.63. The number of para-hydroxylation sites is 1. The van der Waals surface area contributed by atoms with Gasteiger partial charge in [-0.15, -0.1) is 11.8 Å². The van der Waals surface area contributed by atoms with Crippen LogP contribution in [0.25, 0.3) is 0 Å². The van der Waals surface area contributed by atoms with E-state index in [-0.39, 0.29) is 24.0 Å². The lowest BCUT2D eigenvalue weighted by atomic mass is 10.2. The molecule has 0 atom stereocenters. The molecule has 0 aliphatic rings. The highest BCUT2D eigenvalue weighted by Gasteiger charge is 2.21. The molecule has 3 aromatic carbocycles. The van der Waals surface area contributed by atoms with E-state index >= 15 is 0 Å². The number of ether oxygens (including phenoxy) is 1. The summed E-state index contributed by atoms with van der Waals surface area (Å²) in [5.74, 6) is 0.124. The summed E-state index contributed by atoms with van der Waals surface area (Å²) in [7, 11) is -2.09. The first-order valence-electron chi connectivity index (χ1n) is 9.56. The van der Waals surface area contributed by atoms with Crippen molar-refractivity contribution in [2.24, 2.45) is 0 Å². The molecule has 0 aromatic heterocycles. The minimum absolute atomic E-state index is 0.164. The Labute approximate surface area is 187 Å². The van der Waals surface area contributed by atoms with Gasteiger partial charge >= 0.3 is 0 Å². The number of sulfonamides is 1. The van der Waals surface area contributed by atoms with Crippen molar-refractivity contribution in [3.63, 3.8) is 0 Å². The summed E-state index contributed by atoms with van der Waals surface area (Å²) in [4.78, 5) is 13.3. The molecule has 0 saturated heterocycles. The maximum atomic E-state index is 12.8. The molecule has 1 N–H and O–H groups in total. The van der Waals surface area contributed by atoms with Gasteiger partial charge in [0.15, 0.2) is 6.61 Å². The van der Waals surface area contributed by atoms with E-state index in [0.717, 1.165) is 16.1 Å². The van der Waals surface area contributed by atoms with Gasteiger partial charge in [0, 0.05) is 18.5 Å². The van der Waals surface area contributed by atoms with Crippen molar-refractivity contribution < 1.29 is 17.9 Å². The van der Waals surface area contributed by atoms with Gasteiger partial charge < -0.3 is 10.1 Å². The van der Waals surface area contributed by atoms with E-state index in [4.69, 9.17) is 4.74 Å². The summed E-state index contributed by atoms with van der Waals surface area (Å²) < 4.78 is 32.4. The van der Waals surface area contributed by atoms with Gasteiger partial charge in [-0.3, -0.25) is 4.79 Å². The van der Waals surface area contributed by atoms with Crippen LogP contribution in [0.1, 0.15) is 5.56 Å². The highest BCUT2D eigenvalue weighted by atomic mass is 32.2. The molecule has 0 saturated carbocycles. The van der Waals surface area contributed by atoms with Crippen LogP contribution < -0.4 is 10.1 Å². The molecule has 0 heterocycles. The number of nitrogens with one attached hydrogen (secondary N) is 1. The first-order chi connectivity index (χ1) is 14.9. The normalized spacial score (nSPS) is 11.3. The van der Waals surface area contributed by atoms with E-state index in [2.05, 4.69) is 5.32 Å². The van der Waals surface area contributed by atoms with Gasteiger partial charge in [-0.2, -0.15) is 4.31 Å². The molecule has 0 radical (unpaired) electrons. The van der Waals surface area contributed by atoms with E-state index in [1.165, 1.54) is 16.4 Å². The predicted octanol–water partition coefficient (Wildman–Crippen LogP) is 4.25. The van der Waals surface area contributed by atoms with Crippen LogP contribution in [0.15, 0.2) is 88.7 Å². The molecule has 0 aliphatic heterocycles. The largest absolute Gasteiger partial charge is 0.484 e. The van der Waals surface area contributed by atoms with Crippen LogP contribution in [-0.4, -0.2) is 38.5 Å². The molecule has 8 heteroatoms. The molecule has 6 nitrogen and oxygen atoms in total. The molecule has 3 aromatic rings. The Kier molecular flexibility index (Phi) is 7.73. The van der Waals surface area contributed by atoms with Crippen LogP contribution in [-0.2, 0) is 21.4 Å². The monoisotopic (exact) mass is 456 g/mol. The van der Waals surface area contributed by atoms with E-state index in [9.17, 15) is 13.2 Å². The standard InChI is InChI=1S/C23H24N2O4S2/c1-25(16-18-8-4-3-5-9-18)31(27,28)20-14-12-19(13-15-20)29-17-23(26)24-21-10-6-7-11-22(21)30-2/h3-15H,16-17H2,1-2H3,(H,24,26). The number of amides is 1. The molecule has 31 heavy (non-hydrogen) atoms. The van der Waals surface area contributed by atoms with Gasteiger partial charge in [0.1, 0.15) is 5.75 Å². The second-order valence-electron chi connectivity index (χ2n) is 6.76. The molecule has 0 bridgehead atoms. The zero-order chi connectivity index (χ0) is 22.3. The second kappa shape index (κ2) is 10.5. The molecular formula is C23H24N2O4S2. The number of rotatable bonds is 9. The Morgan fingerprint density at radius 3 is 2.29 bits per heavy atom. The van der Waals surface area contributed by atoms with Gasteiger partial charge in [0.05, 0.1) is 10.6 Å². The van der Waals surface area contributed by atoms with Crippen molar-refractivity contribution >= 4 is 33.4 Å². The molecule has 0 spiro atoms. The van der Waals surface area contributed by atoms with Crippen molar-refractivity contribution in [3.8, 4) is 5.75 Å². The number of carbonyl (C=O) groups excluding carboxylic acids is 1. The third-order valence-electron chi connectivity index (χ3n) is 4.53. The summed E-state index contributed by atoms with van der Waals surface area (Å²) in [6, 6.07) is 23.0. The van der Waals surface area contributed by atoms with Crippen molar-refractivity contribution in [2.75, 3.05) is 25.2 Å². The maximum Gasteiger partial charge on any atom is 0.262 e. The number of carbonyl (C=O) groups is 1. The Balaban J connectivity index is 1.58. The number of anilines is 1. The number of hydrogen-bond donors (Lipinski definition) is 1. The number of hydrogen-bond acceptors (Lipinski definition) is 5. The van der Waals surface area contributed by atoms with Crippen LogP contribution in [0.4, 0.5) is 5.69 Å². The average molecular weight is 457 g/mol. The smallest absolute Gasteiger partial charge is 0.262 e. The zero-order valence-electron chi connectivity index (χ0n) is 17.3. The zero-order valence-corrected chi connectivity index (χ0v) is 18.9. The molecule has 3 rings (SSSR count). The maximum absolute atomic E-state index is 12.8. The molecule has 0 aliphatic carbocycles. The van der Waals surface area contributed by atoms with Crippen molar-refractivity contribution in [1.82, 2.24) is 4.31 Å². The topological polar surface area (TPSA) is 75.7 Å². The van der Waals surface area contributed by atoms with Gasteiger partial charge in [-0.25, -0.2) is 8.42 Å². The minimum Gasteiger partial charge on any atom is -0.484 e. The summed E-state index contributed by atoms with van der Waals surface area (Å²) in [6.07, 6.45) is 1.94. The lowest BCUT2D eigenvalue weighted by molar-refractivity contribution is -0.118. The Morgan fingerprint density at radius 2 is 1.61 bits per heavy atom. The lowest BCUT2D eigenvalue weighted by Gasteiger charge is -2.17. The summed E-state index contributed by atoms with van der Waals surface area (Å²) in [5, 5.41) is 2.82. The number of thioether (sulfide) groups is 1. The summed E-state index contributed by atoms with van der Waals surface area (Å²) in [6.45, 7) is 0.0990. The third-order valence-corrected chi connectivity index (χ3v) is 7.14. The second-order valence-corrected chi connectivity index (χ2v) is 9.65. The fourth-order valence-electron chi connectivity index (χ4n) is 2.90. The molecule has 0 fully saturated rings. The van der Waals surface area contributed by atoms with E-state index < -0.39 is 10.0 Å². The SMILES string of the molecule is CSc1ccccc1NC(=O)COc1ccc(S(=O)(=O)N(C)Cc2ccccc2)cc1. The Morgan fingerprint density at radius 1 is 0.968 bits per heavy atom. The minimum atomic E-state index is -3.64. The van der Waals surface area contributed by atoms with E-state index in [1.807, 2.05) is 60.9 Å². The predicted molar refractivity (Wildman–Crippen MR) is 124 cm³/mol. The van der Waals surface area contributed by atoms with Crippen LogP contribution in [0.5, 0.6) is 5.75 Å². The van der Waals surface area contributed by atoms with Crippen LogP contribution >= 0.6 is 11.8 Å². The van der Waals surface area contributed by atoms with Crippen molar-refractivity contribution in [1.29, 1.82) is 0 Å². The first kappa shape index (κ1) is 22.9. The van der Waals surface area contributed by atoms with Gasteiger partial charge in [-0.05, 0) is 48.2 Å². The molecular weight excluding hydrogens is 432 g/mol. The third kappa shape index (κ3) is 6.10. The fourth-order valence-corrected chi connectivity index (χ4v) is 4.61. The highest BCUT2D eigenvalue weighted by molar-refractivity contribution is 7.98. The molecule has 1 amide bonds. The van der Waals surface area contributed by atoms with Crippen LogP contribution in [0.2, 0.25) is 0 Å². The van der Waals surface area contributed by atoms with E-state index in [0.29, 0.717) is 5.75 Å². The quantitative estimate of drug-likeness (QED) is 0.487. The summed E-state index contributed by atoms with van der Waals surface area (Å²) >= 11 is 1.54. The molecule has 162 valence electrons. The number of nitrogens with zero attached hydrogens (tertiary/aromatic N) is 1. The lowest BCUT2D eigenvalue weighted by Crippen LogP contribution is -2.26. The van der Waals surface area contributed by atoms with Crippen molar-refractivity contribution in [2.45, 2.75) is 16.3 Å². The fraction of sp³-hybridized carbons (Fsp3) is 0.174. The van der Waals surface area contributed by atoms with Gasteiger partial charge in [0.25, 0.3) is 5.91 Å². The number of benzene rings is 3. The van der Waals surface area contributed by atoms with Crippen molar-refractivity contribution in [3.05, 3.63) is 84.4 Å². The van der Waals surface area contributed by atoms with Crippen LogP contribution in [0.3, 0.4) is 0 Å².